The number of hydrogen-bond donors (Lipinski definition) is 0. The van der Waals surface area contributed by atoms with Crippen molar-refractivity contribution in [3.8, 4) is 5.75 Å². The first-order valence-electron chi connectivity index (χ1n) is 12.2. The number of benzene rings is 5. The molecule has 0 fully saturated rings. The summed E-state index contributed by atoms with van der Waals surface area (Å²) in [6.07, 6.45) is 0.794. The number of carbonyl (C=O) groups excluding carboxylic acids is 1. The summed E-state index contributed by atoms with van der Waals surface area (Å²) < 4.78 is 5.43. The molecule has 186 valence electrons. The topological polar surface area (TPSA) is 69.4 Å². The first-order chi connectivity index (χ1) is 18.6. The maximum absolute atomic E-state index is 12.7. The van der Waals surface area contributed by atoms with E-state index in [1.54, 1.807) is 12.1 Å². The summed E-state index contributed by atoms with van der Waals surface area (Å²) in [6, 6.07) is 44.9. The van der Waals surface area contributed by atoms with E-state index in [1.165, 1.54) is 40.2 Å². The van der Waals surface area contributed by atoms with E-state index >= 15 is 0 Å². The molecular weight excluding hydrogens is 493 g/mol. The van der Waals surface area contributed by atoms with Crippen molar-refractivity contribution in [2.45, 2.75) is 6.16 Å². The zero-order chi connectivity index (χ0) is 26.4. The summed E-state index contributed by atoms with van der Waals surface area (Å²) in [5.41, 5.74) is 1.47. The zero-order valence-corrected chi connectivity index (χ0v) is 21.4. The molecule has 0 atom stereocenters. The molecule has 5 rings (SSSR count). The van der Waals surface area contributed by atoms with Crippen LogP contribution in [0.25, 0.3) is 0 Å². The van der Waals surface area contributed by atoms with Crippen LogP contribution in [0.15, 0.2) is 140 Å². The van der Waals surface area contributed by atoms with Crippen LogP contribution in [0.3, 0.4) is 0 Å². The van der Waals surface area contributed by atoms with E-state index < -0.39 is 18.2 Å². The van der Waals surface area contributed by atoms with Crippen LogP contribution in [0.1, 0.15) is 15.9 Å². The number of hydrogen-bond acceptors (Lipinski definition) is 4. The Morgan fingerprint density at radius 2 is 1.08 bits per heavy atom. The van der Waals surface area contributed by atoms with Gasteiger partial charge in [0, 0.05) is 12.1 Å². The molecule has 0 N–H and O–H groups in total. The third-order valence-electron chi connectivity index (χ3n) is 6.46. The van der Waals surface area contributed by atoms with Gasteiger partial charge in [-0.3, -0.25) is 10.1 Å². The van der Waals surface area contributed by atoms with Gasteiger partial charge in [-0.15, -0.1) is 0 Å². The van der Waals surface area contributed by atoms with Gasteiger partial charge in [-0.05, 0) is 66.2 Å². The van der Waals surface area contributed by atoms with E-state index in [1.807, 2.05) is 30.3 Å². The summed E-state index contributed by atoms with van der Waals surface area (Å²) in [6.45, 7) is 0. The Morgan fingerprint density at radius 1 is 0.632 bits per heavy atom. The van der Waals surface area contributed by atoms with Crippen molar-refractivity contribution < 1.29 is 14.5 Å². The molecule has 0 aliphatic rings. The molecule has 0 radical (unpaired) electrons. The lowest BCUT2D eigenvalue weighted by molar-refractivity contribution is -0.384. The second-order valence-corrected chi connectivity index (χ2v) is 12.3. The smallest absolute Gasteiger partial charge is 0.343 e. The molecule has 5 nitrogen and oxygen atoms in total. The second kappa shape index (κ2) is 11.2. The van der Waals surface area contributed by atoms with Crippen LogP contribution in [0.5, 0.6) is 5.75 Å². The number of rotatable bonds is 8. The van der Waals surface area contributed by atoms with Crippen LogP contribution in [0, 0.1) is 10.1 Å². The molecule has 0 amide bonds. The molecule has 0 saturated heterocycles. The second-order valence-electron chi connectivity index (χ2n) is 8.81. The van der Waals surface area contributed by atoms with Crippen molar-refractivity contribution in [3.05, 3.63) is 161 Å². The Balaban J connectivity index is 1.47. The van der Waals surface area contributed by atoms with Crippen molar-refractivity contribution >= 4 is 34.8 Å². The van der Waals surface area contributed by atoms with E-state index in [-0.39, 0.29) is 11.4 Å². The van der Waals surface area contributed by atoms with E-state index in [0.717, 1.165) is 11.7 Å². The number of non-ortho nitro benzene ring substituents is 1. The summed E-state index contributed by atoms with van der Waals surface area (Å²) in [7, 11) is -2.05. The van der Waals surface area contributed by atoms with E-state index in [0.29, 0.717) is 5.56 Å². The normalized spacial score (nSPS) is 11.1. The van der Waals surface area contributed by atoms with Gasteiger partial charge in [-0.1, -0.05) is 66.7 Å². The van der Waals surface area contributed by atoms with Gasteiger partial charge < -0.3 is 4.74 Å². The van der Waals surface area contributed by atoms with Crippen molar-refractivity contribution in [1.29, 1.82) is 0 Å². The number of nitro groups is 1. The molecule has 0 aliphatic heterocycles. The Morgan fingerprint density at radius 3 is 1.50 bits per heavy atom. The highest BCUT2D eigenvalue weighted by Gasteiger charge is 2.45. The molecule has 5 aromatic rings. The van der Waals surface area contributed by atoms with E-state index in [2.05, 4.69) is 72.8 Å². The van der Waals surface area contributed by atoms with Gasteiger partial charge in [0.05, 0.1) is 16.6 Å². The Labute approximate surface area is 221 Å². The number of carbonyl (C=O) groups is 1. The summed E-state index contributed by atoms with van der Waals surface area (Å²) in [5.74, 6) is -0.257. The predicted octanol–water partition coefficient (Wildman–Crippen LogP) is 6.31. The highest BCUT2D eigenvalue weighted by molar-refractivity contribution is 7.95. The van der Waals surface area contributed by atoms with Crippen molar-refractivity contribution in [3.63, 3.8) is 0 Å². The molecule has 0 aliphatic carbocycles. The summed E-state index contributed by atoms with van der Waals surface area (Å²) in [4.78, 5) is 23.1. The number of esters is 1. The molecule has 6 heteroatoms. The first kappa shape index (κ1) is 25.1. The van der Waals surface area contributed by atoms with E-state index in [9.17, 15) is 14.9 Å². The third kappa shape index (κ3) is 5.24. The third-order valence-corrected chi connectivity index (χ3v) is 10.8. The number of nitro benzene ring substituents is 1. The lowest BCUT2D eigenvalue weighted by Gasteiger charge is -2.28. The van der Waals surface area contributed by atoms with Crippen LogP contribution in [0.2, 0.25) is 0 Å². The zero-order valence-electron chi connectivity index (χ0n) is 20.5. The quantitative estimate of drug-likeness (QED) is 0.0794. The molecule has 0 bridgehead atoms. The molecule has 0 heterocycles. The van der Waals surface area contributed by atoms with E-state index in [4.69, 9.17) is 4.74 Å². The van der Waals surface area contributed by atoms with Gasteiger partial charge in [-0.2, -0.15) is 0 Å². The molecule has 0 spiro atoms. The van der Waals surface area contributed by atoms with Crippen molar-refractivity contribution in [2.75, 3.05) is 0 Å². The van der Waals surface area contributed by atoms with Gasteiger partial charge >= 0.3 is 5.97 Å². The molecule has 5 aromatic carbocycles. The van der Waals surface area contributed by atoms with Crippen LogP contribution in [-0.2, 0) is 6.16 Å². The van der Waals surface area contributed by atoms with Gasteiger partial charge in [0.15, 0.2) is 0 Å². The monoisotopic (exact) mass is 518 g/mol. The molecule has 0 saturated carbocycles. The molecule has 38 heavy (non-hydrogen) atoms. The number of nitrogens with zero attached hydrogens (tertiary/aromatic N) is 1. The van der Waals surface area contributed by atoms with Gasteiger partial charge in [-0.25, -0.2) is 4.79 Å². The SMILES string of the molecule is O=C(Oc1ccc([N+](=O)[O-])cc1)c1ccc(C[P+](c2ccccc2)(c2ccccc2)c2ccccc2)cc1. The standard InChI is InChI=1S/C32H25NO4P/c34-32(37-28-22-20-27(21-23-28)33(35)36)26-18-16-25(17-19-26)24-38(29-10-4-1-5-11-29,30-12-6-2-7-13-30)31-14-8-3-9-15-31/h1-23H,24H2/q+1. The Hall–Kier alpha value is -4.60. The van der Waals surface area contributed by atoms with Gasteiger partial charge in [0.25, 0.3) is 5.69 Å². The average Bonchev–Trinajstić information content (AvgIpc) is 2.98. The fourth-order valence-electron chi connectivity index (χ4n) is 4.59. The highest BCUT2D eigenvalue weighted by atomic mass is 31.2. The van der Waals surface area contributed by atoms with Gasteiger partial charge in [0.2, 0.25) is 0 Å². The number of ether oxygens (including phenoxy) is 1. The minimum Gasteiger partial charge on any atom is -0.423 e. The summed E-state index contributed by atoms with van der Waals surface area (Å²) >= 11 is 0. The lowest BCUT2D eigenvalue weighted by atomic mass is 10.1. The highest BCUT2D eigenvalue weighted by Crippen LogP contribution is 2.58. The van der Waals surface area contributed by atoms with Crippen LogP contribution in [0.4, 0.5) is 5.69 Å². The molecule has 0 aromatic heterocycles. The first-order valence-corrected chi connectivity index (χ1v) is 14.1. The fraction of sp³-hybridized carbons (Fsp3) is 0.0312. The minimum atomic E-state index is -2.05. The Bertz CT molecular complexity index is 1430. The molecule has 0 unspecified atom stereocenters. The van der Waals surface area contributed by atoms with Crippen molar-refractivity contribution in [2.24, 2.45) is 0 Å². The van der Waals surface area contributed by atoms with Crippen LogP contribution >= 0.6 is 7.26 Å². The summed E-state index contributed by atoms with van der Waals surface area (Å²) in [5, 5.41) is 14.7. The largest absolute Gasteiger partial charge is 0.423 e. The van der Waals surface area contributed by atoms with Crippen LogP contribution in [-0.4, -0.2) is 10.9 Å². The maximum atomic E-state index is 12.7. The lowest BCUT2D eigenvalue weighted by Crippen LogP contribution is -2.32. The van der Waals surface area contributed by atoms with Gasteiger partial charge in [0.1, 0.15) is 28.9 Å². The fourth-order valence-corrected chi connectivity index (χ4v) is 8.83. The minimum absolute atomic E-state index is 0.0591. The average molecular weight is 519 g/mol. The maximum Gasteiger partial charge on any atom is 0.343 e. The predicted molar refractivity (Wildman–Crippen MR) is 153 cm³/mol. The Kier molecular flexibility index (Phi) is 7.39. The molecular formula is C32H25NO4P+. The van der Waals surface area contributed by atoms with Crippen molar-refractivity contribution in [1.82, 2.24) is 0 Å². The van der Waals surface area contributed by atoms with Crippen LogP contribution < -0.4 is 20.7 Å².